The predicted octanol–water partition coefficient (Wildman–Crippen LogP) is 2.46. The maximum atomic E-state index is 12.9. The van der Waals surface area contributed by atoms with Crippen molar-refractivity contribution in [1.29, 1.82) is 0 Å². The highest BCUT2D eigenvalue weighted by molar-refractivity contribution is 5.58. The number of ether oxygens (including phenoxy) is 2. The number of rotatable bonds is 12. The number of nitrogens with zero attached hydrogens (tertiary/aromatic N) is 2. The minimum Gasteiger partial charge on any atom is -0.491 e. The molecule has 0 saturated heterocycles. The molecule has 2 atom stereocenters. The van der Waals surface area contributed by atoms with Gasteiger partial charge in [0.25, 0.3) is 0 Å². The average molecular weight is 446 g/mol. The fraction of sp³-hybridized carbons (Fsp3) is 0.273. The van der Waals surface area contributed by atoms with Gasteiger partial charge in [-0.3, -0.25) is 0 Å². The highest BCUT2D eigenvalue weighted by atomic mass is 19.1. The summed E-state index contributed by atoms with van der Waals surface area (Å²) in [6, 6.07) is 11.0. The van der Waals surface area contributed by atoms with Crippen molar-refractivity contribution in [2.75, 3.05) is 36.9 Å². The van der Waals surface area contributed by atoms with Gasteiger partial charge in [0.2, 0.25) is 0 Å². The van der Waals surface area contributed by atoms with Gasteiger partial charge in [-0.25, -0.2) is 18.7 Å². The number of aliphatic hydroxyl groups excluding tert-OH is 2. The van der Waals surface area contributed by atoms with E-state index in [2.05, 4.69) is 20.6 Å². The van der Waals surface area contributed by atoms with Crippen molar-refractivity contribution < 1.29 is 28.5 Å². The van der Waals surface area contributed by atoms with Crippen LogP contribution < -0.4 is 20.1 Å². The number of nitrogens with one attached hydrogen (secondary N) is 2. The Balaban J connectivity index is 1.42. The molecule has 1 heterocycles. The second-order valence-electron chi connectivity index (χ2n) is 6.85. The minimum absolute atomic E-state index is 0.00109. The molecule has 8 nitrogen and oxygen atoms in total. The van der Waals surface area contributed by atoms with Crippen LogP contribution in [0.5, 0.6) is 11.5 Å². The van der Waals surface area contributed by atoms with Crippen molar-refractivity contribution in [3.8, 4) is 11.5 Å². The Labute approximate surface area is 183 Å². The van der Waals surface area contributed by atoms with E-state index >= 15 is 0 Å². The maximum absolute atomic E-state index is 12.9. The molecular weight excluding hydrogens is 422 g/mol. The molecule has 0 aliphatic carbocycles. The summed E-state index contributed by atoms with van der Waals surface area (Å²) in [6.07, 6.45) is 1.26. The van der Waals surface area contributed by atoms with Gasteiger partial charge in [0.1, 0.15) is 48.6 Å². The zero-order valence-corrected chi connectivity index (χ0v) is 17.1. The van der Waals surface area contributed by atoms with Crippen LogP contribution in [-0.2, 0) is 0 Å². The van der Waals surface area contributed by atoms with Gasteiger partial charge in [0.05, 0.1) is 0 Å². The lowest BCUT2D eigenvalue weighted by molar-refractivity contribution is 0.117. The summed E-state index contributed by atoms with van der Waals surface area (Å²) in [5, 5.41) is 26.2. The van der Waals surface area contributed by atoms with Gasteiger partial charge in [-0.2, -0.15) is 0 Å². The number of hydrogen-bond acceptors (Lipinski definition) is 8. The van der Waals surface area contributed by atoms with Gasteiger partial charge < -0.3 is 30.3 Å². The van der Waals surface area contributed by atoms with Crippen LogP contribution in [0.3, 0.4) is 0 Å². The van der Waals surface area contributed by atoms with Crippen molar-refractivity contribution in [2.24, 2.45) is 0 Å². The van der Waals surface area contributed by atoms with Gasteiger partial charge in [0.15, 0.2) is 11.6 Å². The summed E-state index contributed by atoms with van der Waals surface area (Å²) >= 11 is 0. The Morgan fingerprint density at radius 2 is 1.06 bits per heavy atom. The smallest absolute Gasteiger partial charge is 0.169 e. The molecule has 0 unspecified atom stereocenters. The summed E-state index contributed by atoms with van der Waals surface area (Å²) in [7, 11) is 0. The highest BCUT2D eigenvalue weighted by Gasteiger charge is 2.12. The lowest BCUT2D eigenvalue weighted by atomic mass is 10.3. The van der Waals surface area contributed by atoms with E-state index in [1.807, 2.05) is 0 Å². The van der Waals surface area contributed by atoms with Crippen molar-refractivity contribution in [3.05, 3.63) is 72.6 Å². The molecule has 0 saturated carbocycles. The SMILES string of the molecule is O[C@H](CNc1nccnc1NC[C@H](O)COc1ccc(F)cc1)COc1ccc(F)cc1. The lowest BCUT2D eigenvalue weighted by Crippen LogP contribution is -2.28. The zero-order valence-electron chi connectivity index (χ0n) is 17.1. The van der Waals surface area contributed by atoms with E-state index in [4.69, 9.17) is 9.47 Å². The van der Waals surface area contributed by atoms with Crippen molar-refractivity contribution in [1.82, 2.24) is 9.97 Å². The zero-order chi connectivity index (χ0) is 22.8. The van der Waals surface area contributed by atoms with E-state index in [0.29, 0.717) is 23.1 Å². The third-order valence-electron chi connectivity index (χ3n) is 4.22. The van der Waals surface area contributed by atoms with Crippen LogP contribution in [0, 0.1) is 11.6 Å². The number of anilines is 2. The van der Waals surface area contributed by atoms with Crippen molar-refractivity contribution >= 4 is 11.6 Å². The molecule has 0 aliphatic rings. The minimum atomic E-state index is -0.857. The summed E-state index contributed by atoms with van der Waals surface area (Å²) < 4.78 is 36.6. The van der Waals surface area contributed by atoms with E-state index in [0.717, 1.165) is 0 Å². The summed E-state index contributed by atoms with van der Waals surface area (Å²) in [4.78, 5) is 8.36. The number of benzene rings is 2. The Morgan fingerprint density at radius 1 is 0.688 bits per heavy atom. The van der Waals surface area contributed by atoms with Crippen LogP contribution in [0.15, 0.2) is 60.9 Å². The van der Waals surface area contributed by atoms with E-state index in [9.17, 15) is 19.0 Å². The van der Waals surface area contributed by atoms with Crippen LogP contribution in [0.2, 0.25) is 0 Å². The van der Waals surface area contributed by atoms with Gasteiger partial charge in [-0.1, -0.05) is 0 Å². The van der Waals surface area contributed by atoms with Crippen LogP contribution in [0.4, 0.5) is 20.4 Å². The molecule has 0 spiro atoms. The van der Waals surface area contributed by atoms with Gasteiger partial charge in [0, 0.05) is 25.5 Å². The van der Waals surface area contributed by atoms with E-state index < -0.39 is 12.2 Å². The molecule has 32 heavy (non-hydrogen) atoms. The van der Waals surface area contributed by atoms with Gasteiger partial charge in [-0.05, 0) is 48.5 Å². The molecule has 3 aromatic rings. The first-order chi connectivity index (χ1) is 15.5. The van der Waals surface area contributed by atoms with E-state index in [1.54, 1.807) is 0 Å². The molecular formula is C22H24F2N4O4. The van der Waals surface area contributed by atoms with E-state index in [-0.39, 0.29) is 37.9 Å². The van der Waals surface area contributed by atoms with Crippen molar-refractivity contribution in [2.45, 2.75) is 12.2 Å². The van der Waals surface area contributed by atoms with Gasteiger partial charge in [-0.15, -0.1) is 0 Å². The molecule has 0 fully saturated rings. The Hall–Kier alpha value is -3.50. The van der Waals surface area contributed by atoms with Crippen LogP contribution >= 0.6 is 0 Å². The fourth-order valence-corrected chi connectivity index (χ4v) is 2.59. The number of aliphatic hydroxyl groups is 2. The number of halogens is 2. The molecule has 3 rings (SSSR count). The quantitative estimate of drug-likeness (QED) is 0.336. The highest BCUT2D eigenvalue weighted by Crippen LogP contribution is 2.16. The average Bonchev–Trinajstić information content (AvgIpc) is 2.81. The Kier molecular flexibility index (Phi) is 8.52. The van der Waals surface area contributed by atoms with Crippen LogP contribution in [-0.4, -0.2) is 58.7 Å². The first-order valence-corrected chi connectivity index (χ1v) is 9.91. The molecule has 2 aromatic carbocycles. The van der Waals surface area contributed by atoms with Crippen molar-refractivity contribution in [3.63, 3.8) is 0 Å². The summed E-state index contributed by atoms with van der Waals surface area (Å²) in [6.45, 7) is 0.262. The molecule has 0 amide bonds. The third kappa shape index (κ3) is 7.64. The lowest BCUT2D eigenvalue weighted by Gasteiger charge is -2.17. The molecule has 1 aromatic heterocycles. The normalized spacial score (nSPS) is 12.6. The first-order valence-electron chi connectivity index (χ1n) is 9.91. The van der Waals surface area contributed by atoms with Crippen LogP contribution in [0.25, 0.3) is 0 Å². The molecule has 0 radical (unpaired) electrons. The Bertz CT molecular complexity index is 882. The molecule has 4 N–H and O–H groups in total. The van der Waals surface area contributed by atoms with Gasteiger partial charge >= 0.3 is 0 Å². The first kappa shape index (κ1) is 23.2. The maximum Gasteiger partial charge on any atom is 0.169 e. The monoisotopic (exact) mass is 446 g/mol. The van der Waals surface area contributed by atoms with E-state index in [1.165, 1.54) is 60.9 Å². The fourth-order valence-electron chi connectivity index (χ4n) is 2.59. The molecule has 0 aliphatic heterocycles. The second kappa shape index (κ2) is 11.8. The van der Waals surface area contributed by atoms with Crippen LogP contribution in [0.1, 0.15) is 0 Å². The third-order valence-corrected chi connectivity index (χ3v) is 4.22. The number of aromatic nitrogens is 2. The topological polar surface area (TPSA) is 109 Å². The predicted molar refractivity (Wildman–Crippen MR) is 115 cm³/mol. The summed E-state index contributed by atoms with van der Waals surface area (Å²) in [5.74, 6) is 0.942. The number of hydrogen-bond donors (Lipinski definition) is 4. The molecule has 10 heteroatoms. The summed E-state index contributed by atoms with van der Waals surface area (Å²) in [5.41, 5.74) is 0. The Morgan fingerprint density at radius 3 is 1.44 bits per heavy atom. The second-order valence-corrected chi connectivity index (χ2v) is 6.85. The molecule has 170 valence electrons. The largest absolute Gasteiger partial charge is 0.491 e. The standard InChI is InChI=1S/C22H24F2N4O4/c23-15-1-5-19(6-2-15)31-13-17(29)11-27-21-22(26-10-9-25-21)28-12-18(30)14-32-20-7-3-16(24)4-8-20/h1-10,17-18,29-30H,11-14H2,(H,25,27)(H,26,28)/t17-,18+. The molecule has 0 bridgehead atoms.